The van der Waals surface area contributed by atoms with Crippen LogP contribution in [0, 0.1) is 12.3 Å². The third kappa shape index (κ3) is 3.92. The molecule has 0 fully saturated rings. The van der Waals surface area contributed by atoms with Crippen LogP contribution in [0.5, 0.6) is 0 Å². The van der Waals surface area contributed by atoms with Crippen LogP contribution in [0.1, 0.15) is 30.1 Å². The molecule has 17 heavy (non-hydrogen) atoms. The number of nitrogens with zero attached hydrogens (tertiary/aromatic N) is 1. The smallest absolute Gasteiger partial charge is 0.253 e. The lowest BCUT2D eigenvalue weighted by Crippen LogP contribution is -2.34. The summed E-state index contributed by atoms with van der Waals surface area (Å²) in [5.41, 5.74) is 0.308. The Morgan fingerprint density at radius 3 is 2.94 bits per heavy atom. The lowest BCUT2D eigenvalue weighted by Gasteiger charge is -2.14. The first-order valence-corrected chi connectivity index (χ1v) is 5.89. The van der Waals surface area contributed by atoms with E-state index in [1.165, 1.54) is 12.3 Å². The van der Waals surface area contributed by atoms with Gasteiger partial charge in [-0.25, -0.2) is 4.98 Å². The van der Waals surface area contributed by atoms with Crippen molar-refractivity contribution >= 4 is 29.1 Å². The van der Waals surface area contributed by atoms with Crippen LogP contribution < -0.4 is 5.32 Å². The van der Waals surface area contributed by atoms with E-state index >= 15 is 0 Å². The summed E-state index contributed by atoms with van der Waals surface area (Å²) in [5.74, 6) is 2.23. The Morgan fingerprint density at radius 2 is 2.35 bits per heavy atom. The summed E-state index contributed by atoms with van der Waals surface area (Å²) in [4.78, 5) is 15.7. The molecule has 1 heterocycles. The van der Waals surface area contributed by atoms with E-state index < -0.39 is 0 Å². The van der Waals surface area contributed by atoms with Crippen molar-refractivity contribution < 1.29 is 4.79 Å². The summed E-state index contributed by atoms with van der Waals surface area (Å²) in [7, 11) is 0. The number of amides is 1. The van der Waals surface area contributed by atoms with E-state index in [1.807, 2.05) is 6.92 Å². The maximum Gasteiger partial charge on any atom is 0.253 e. The first kappa shape index (κ1) is 13.8. The van der Waals surface area contributed by atoms with E-state index in [-0.39, 0.29) is 22.1 Å². The Hall–Kier alpha value is -1.24. The molecule has 0 aromatic carbocycles. The van der Waals surface area contributed by atoms with Crippen molar-refractivity contribution in [1.82, 2.24) is 10.3 Å². The summed E-state index contributed by atoms with van der Waals surface area (Å²) in [6, 6.07) is 1.37. The molecule has 1 N–H and O–H groups in total. The summed E-state index contributed by atoms with van der Waals surface area (Å²) in [5, 5.41) is 3.29. The maximum absolute atomic E-state index is 11.9. The summed E-state index contributed by atoms with van der Waals surface area (Å²) >= 11 is 11.6. The highest BCUT2D eigenvalue weighted by molar-refractivity contribution is 6.35. The van der Waals surface area contributed by atoms with Gasteiger partial charge >= 0.3 is 0 Å². The van der Waals surface area contributed by atoms with Gasteiger partial charge in [0.05, 0.1) is 10.6 Å². The van der Waals surface area contributed by atoms with Gasteiger partial charge in [0, 0.05) is 18.7 Å². The Bertz CT molecular complexity index is 454. The number of hydrogen-bond acceptors (Lipinski definition) is 2. The standard InChI is InChI=1S/C12H12Cl2N2O/c1-3-5-8(4-2)16-12(17)9-6-11(14)15-7-10(9)13/h1,6-8H,4-5H2,2H3,(H,16,17). The molecule has 1 aromatic rings. The van der Waals surface area contributed by atoms with Crippen LogP contribution in [0.15, 0.2) is 12.3 Å². The van der Waals surface area contributed by atoms with E-state index in [0.29, 0.717) is 12.0 Å². The molecule has 3 nitrogen and oxygen atoms in total. The predicted octanol–water partition coefficient (Wildman–Crippen LogP) is 2.92. The van der Waals surface area contributed by atoms with Crippen molar-refractivity contribution in [3.05, 3.63) is 28.0 Å². The second-order valence-electron chi connectivity index (χ2n) is 3.47. The van der Waals surface area contributed by atoms with Crippen molar-refractivity contribution in [1.29, 1.82) is 0 Å². The van der Waals surface area contributed by atoms with Gasteiger partial charge < -0.3 is 5.32 Å². The minimum Gasteiger partial charge on any atom is -0.348 e. The number of carbonyl (C=O) groups excluding carboxylic acids is 1. The molecule has 0 saturated heterocycles. The maximum atomic E-state index is 11.9. The van der Waals surface area contributed by atoms with E-state index in [4.69, 9.17) is 29.6 Å². The fourth-order valence-corrected chi connectivity index (χ4v) is 1.64. The second kappa shape index (κ2) is 6.48. The van der Waals surface area contributed by atoms with Gasteiger partial charge in [-0.15, -0.1) is 12.3 Å². The lowest BCUT2D eigenvalue weighted by molar-refractivity contribution is 0.0936. The van der Waals surface area contributed by atoms with Crippen LogP contribution in [0.4, 0.5) is 0 Å². The highest BCUT2D eigenvalue weighted by Gasteiger charge is 2.15. The van der Waals surface area contributed by atoms with Gasteiger partial charge in [0.1, 0.15) is 5.15 Å². The molecule has 0 spiro atoms. The molecular weight excluding hydrogens is 259 g/mol. The minimum absolute atomic E-state index is 0.0597. The van der Waals surface area contributed by atoms with Gasteiger partial charge in [0.25, 0.3) is 5.91 Å². The zero-order valence-electron chi connectivity index (χ0n) is 9.34. The van der Waals surface area contributed by atoms with Gasteiger partial charge in [-0.05, 0) is 12.5 Å². The van der Waals surface area contributed by atoms with E-state index in [9.17, 15) is 4.79 Å². The molecule has 0 aliphatic rings. The quantitative estimate of drug-likeness (QED) is 0.675. The van der Waals surface area contributed by atoms with Crippen LogP contribution in [0.2, 0.25) is 10.2 Å². The van der Waals surface area contributed by atoms with Gasteiger partial charge in [-0.1, -0.05) is 30.1 Å². The third-order valence-electron chi connectivity index (χ3n) is 2.26. The average molecular weight is 271 g/mol. The zero-order valence-corrected chi connectivity index (χ0v) is 10.8. The molecule has 0 aliphatic heterocycles. The number of terminal acetylenes is 1. The highest BCUT2D eigenvalue weighted by atomic mass is 35.5. The fraction of sp³-hybridized carbons (Fsp3) is 0.333. The molecule has 0 bridgehead atoms. The van der Waals surface area contributed by atoms with Crippen LogP contribution in [0.3, 0.4) is 0 Å². The third-order valence-corrected chi connectivity index (χ3v) is 2.77. The van der Waals surface area contributed by atoms with Crippen molar-refractivity contribution in [3.63, 3.8) is 0 Å². The van der Waals surface area contributed by atoms with Crippen LogP contribution >= 0.6 is 23.2 Å². The summed E-state index contributed by atoms with van der Waals surface area (Å²) in [6.07, 6.45) is 7.80. The van der Waals surface area contributed by atoms with Crippen LogP contribution in [-0.4, -0.2) is 16.9 Å². The minimum atomic E-state index is -0.290. The molecule has 1 aromatic heterocycles. The Labute approximate surface area is 111 Å². The fourth-order valence-electron chi connectivity index (χ4n) is 1.29. The number of aromatic nitrogens is 1. The SMILES string of the molecule is C#CCC(CC)NC(=O)c1cc(Cl)ncc1Cl. The first-order chi connectivity index (χ1) is 8.08. The van der Waals surface area contributed by atoms with Crippen molar-refractivity contribution in [2.24, 2.45) is 0 Å². The Balaban J connectivity index is 2.82. The number of rotatable bonds is 4. The topological polar surface area (TPSA) is 42.0 Å². The molecule has 1 rings (SSSR count). The largest absolute Gasteiger partial charge is 0.348 e. The highest BCUT2D eigenvalue weighted by Crippen LogP contribution is 2.18. The molecule has 90 valence electrons. The molecule has 0 saturated carbocycles. The van der Waals surface area contributed by atoms with E-state index in [1.54, 1.807) is 0 Å². The average Bonchev–Trinajstić information content (AvgIpc) is 2.31. The van der Waals surface area contributed by atoms with Crippen molar-refractivity contribution in [2.75, 3.05) is 0 Å². The van der Waals surface area contributed by atoms with E-state index in [2.05, 4.69) is 16.2 Å². The van der Waals surface area contributed by atoms with E-state index in [0.717, 1.165) is 6.42 Å². The Morgan fingerprint density at radius 1 is 1.65 bits per heavy atom. The van der Waals surface area contributed by atoms with Crippen molar-refractivity contribution in [3.8, 4) is 12.3 Å². The molecule has 5 heteroatoms. The molecule has 1 amide bonds. The summed E-state index contributed by atoms with van der Waals surface area (Å²) < 4.78 is 0. The lowest BCUT2D eigenvalue weighted by atomic mass is 10.1. The second-order valence-corrected chi connectivity index (χ2v) is 4.27. The number of hydrogen-bond donors (Lipinski definition) is 1. The first-order valence-electron chi connectivity index (χ1n) is 5.13. The zero-order chi connectivity index (χ0) is 12.8. The number of pyridine rings is 1. The molecule has 0 radical (unpaired) electrons. The molecule has 0 aliphatic carbocycles. The van der Waals surface area contributed by atoms with Crippen molar-refractivity contribution in [2.45, 2.75) is 25.8 Å². The van der Waals surface area contributed by atoms with Gasteiger partial charge in [0.2, 0.25) is 0 Å². The number of nitrogens with one attached hydrogen (secondary N) is 1. The van der Waals surface area contributed by atoms with Crippen LogP contribution in [-0.2, 0) is 0 Å². The van der Waals surface area contributed by atoms with Gasteiger partial charge in [0.15, 0.2) is 0 Å². The molecular formula is C12H12Cl2N2O. The predicted molar refractivity (Wildman–Crippen MR) is 69.3 cm³/mol. The Kier molecular flexibility index (Phi) is 5.27. The number of halogens is 2. The molecule has 1 atom stereocenters. The number of carbonyl (C=O) groups is 1. The molecule has 1 unspecified atom stereocenters. The van der Waals surface area contributed by atoms with Gasteiger partial charge in [-0.3, -0.25) is 4.79 Å². The van der Waals surface area contributed by atoms with Crippen LogP contribution in [0.25, 0.3) is 0 Å². The monoisotopic (exact) mass is 270 g/mol. The van der Waals surface area contributed by atoms with Gasteiger partial charge in [-0.2, -0.15) is 0 Å². The summed E-state index contributed by atoms with van der Waals surface area (Å²) in [6.45, 7) is 1.95. The normalized spacial score (nSPS) is 11.6.